The molecule has 0 aromatic heterocycles. The fraction of sp³-hybridized carbons (Fsp3) is 0.778. The molecule has 0 saturated carbocycles. The second-order valence-electron chi connectivity index (χ2n) is 3.46. The third-order valence-corrected chi connectivity index (χ3v) is 2.00. The van der Waals surface area contributed by atoms with E-state index in [1.54, 1.807) is 0 Å². The molecule has 0 heterocycles. The zero-order valence-electron chi connectivity index (χ0n) is 9.91. The maximum absolute atomic E-state index is 11.0. The summed E-state index contributed by atoms with van der Waals surface area (Å²) in [5.41, 5.74) is 13.3. The normalized spacial score (nSPS) is 11.2. The van der Waals surface area contributed by atoms with Gasteiger partial charge in [0.1, 0.15) is 6.04 Å². The van der Waals surface area contributed by atoms with Crippen LogP contribution in [0.25, 0.3) is 10.4 Å². The molecule has 18 heavy (non-hydrogen) atoms. The highest BCUT2D eigenvalue weighted by molar-refractivity contribution is 5.72. The number of nitrogens with two attached hydrogens (primary N) is 1. The average molecular weight is 259 g/mol. The Balaban J connectivity index is 3.40. The van der Waals surface area contributed by atoms with Gasteiger partial charge in [0, 0.05) is 18.0 Å². The van der Waals surface area contributed by atoms with E-state index < -0.39 is 18.1 Å². The van der Waals surface area contributed by atoms with Crippen LogP contribution in [0.4, 0.5) is 4.79 Å². The van der Waals surface area contributed by atoms with E-state index in [1.807, 2.05) is 0 Å². The molecule has 0 aromatic rings. The molecule has 0 radical (unpaired) electrons. The summed E-state index contributed by atoms with van der Waals surface area (Å²) in [5.74, 6) is -1.04. The van der Waals surface area contributed by atoms with Crippen LogP contribution in [0, 0.1) is 0 Å². The first kappa shape index (κ1) is 16.0. The van der Waals surface area contributed by atoms with Gasteiger partial charge >= 0.3 is 12.1 Å². The number of carbonyl (C=O) groups is 2. The van der Waals surface area contributed by atoms with Crippen LogP contribution < -0.4 is 11.1 Å². The summed E-state index contributed by atoms with van der Waals surface area (Å²) in [5, 5.41) is 14.1. The SMILES string of the molecule is [N-]=[N+]=NCCNC(=O)OCCCCC(N)C(=O)O. The standard InChI is InChI=1S/C9H17N5O4/c10-7(8(15)16)3-1-2-6-18-9(17)12-4-5-13-14-11/h7H,1-6,10H2,(H,12,17)(H,15,16). The Bertz CT molecular complexity index is 316. The van der Waals surface area contributed by atoms with E-state index in [2.05, 4.69) is 15.3 Å². The van der Waals surface area contributed by atoms with Crippen LogP contribution in [0.1, 0.15) is 19.3 Å². The number of hydrogen-bond donors (Lipinski definition) is 3. The number of amides is 1. The Morgan fingerprint density at radius 2 is 2.22 bits per heavy atom. The summed E-state index contributed by atoms with van der Waals surface area (Å²) in [6, 6.07) is -0.873. The lowest BCUT2D eigenvalue weighted by Gasteiger charge is -2.07. The molecule has 1 atom stereocenters. The van der Waals surface area contributed by atoms with E-state index in [1.165, 1.54) is 0 Å². The van der Waals surface area contributed by atoms with Gasteiger partial charge in [0.25, 0.3) is 0 Å². The fourth-order valence-corrected chi connectivity index (χ4v) is 1.06. The Hall–Kier alpha value is -1.99. The van der Waals surface area contributed by atoms with Gasteiger partial charge in [-0.3, -0.25) is 4.79 Å². The number of carboxylic acids is 1. The van der Waals surface area contributed by atoms with Gasteiger partial charge in [-0.25, -0.2) is 4.79 Å². The van der Waals surface area contributed by atoms with Crippen molar-refractivity contribution < 1.29 is 19.4 Å². The summed E-state index contributed by atoms with van der Waals surface area (Å²) in [4.78, 5) is 23.9. The number of ether oxygens (including phenoxy) is 1. The smallest absolute Gasteiger partial charge is 0.407 e. The minimum atomic E-state index is -1.04. The first-order chi connectivity index (χ1) is 8.57. The van der Waals surface area contributed by atoms with Gasteiger partial charge in [0.2, 0.25) is 0 Å². The molecule has 0 fully saturated rings. The van der Waals surface area contributed by atoms with Crippen molar-refractivity contribution in [2.24, 2.45) is 10.8 Å². The molecule has 0 aliphatic rings. The maximum atomic E-state index is 11.0. The topological polar surface area (TPSA) is 150 Å². The number of rotatable bonds is 9. The molecular weight excluding hydrogens is 242 g/mol. The lowest BCUT2D eigenvalue weighted by molar-refractivity contribution is -0.138. The highest BCUT2D eigenvalue weighted by Crippen LogP contribution is 1.99. The molecule has 4 N–H and O–H groups in total. The number of carboxylic acid groups (broad SMARTS) is 1. The van der Waals surface area contributed by atoms with Gasteiger partial charge in [0.05, 0.1) is 6.61 Å². The molecule has 0 aliphatic heterocycles. The summed E-state index contributed by atoms with van der Waals surface area (Å²) in [6.07, 6.45) is 0.868. The van der Waals surface area contributed by atoms with E-state index in [-0.39, 0.29) is 19.7 Å². The average Bonchev–Trinajstić information content (AvgIpc) is 2.33. The summed E-state index contributed by atoms with van der Waals surface area (Å²) in [7, 11) is 0. The Morgan fingerprint density at radius 3 is 2.83 bits per heavy atom. The maximum Gasteiger partial charge on any atom is 0.407 e. The summed E-state index contributed by atoms with van der Waals surface area (Å²) in [6.45, 7) is 0.575. The molecule has 9 nitrogen and oxygen atoms in total. The van der Waals surface area contributed by atoms with Gasteiger partial charge in [-0.15, -0.1) is 0 Å². The molecule has 0 bridgehead atoms. The van der Waals surface area contributed by atoms with E-state index in [9.17, 15) is 9.59 Å². The number of carbonyl (C=O) groups excluding carboxylic acids is 1. The summed E-state index contributed by atoms with van der Waals surface area (Å²) < 4.78 is 4.79. The monoisotopic (exact) mass is 259 g/mol. The second kappa shape index (κ2) is 10.2. The van der Waals surface area contributed by atoms with Gasteiger partial charge in [-0.1, -0.05) is 5.11 Å². The third kappa shape index (κ3) is 9.25. The lowest BCUT2D eigenvalue weighted by Crippen LogP contribution is -2.30. The predicted molar refractivity (Wildman–Crippen MR) is 62.8 cm³/mol. The molecule has 9 heteroatoms. The van der Waals surface area contributed by atoms with Gasteiger partial charge in [0.15, 0.2) is 0 Å². The first-order valence-corrected chi connectivity index (χ1v) is 5.47. The van der Waals surface area contributed by atoms with E-state index in [0.717, 1.165) is 0 Å². The molecule has 102 valence electrons. The van der Waals surface area contributed by atoms with Crippen molar-refractivity contribution in [3.63, 3.8) is 0 Å². The van der Waals surface area contributed by atoms with Crippen LogP contribution >= 0.6 is 0 Å². The molecule has 1 amide bonds. The molecule has 0 rings (SSSR count). The van der Waals surface area contributed by atoms with Crippen molar-refractivity contribution >= 4 is 12.1 Å². The number of azide groups is 1. The molecule has 1 unspecified atom stereocenters. The highest BCUT2D eigenvalue weighted by atomic mass is 16.5. The van der Waals surface area contributed by atoms with E-state index in [4.69, 9.17) is 21.1 Å². The number of aliphatic carboxylic acids is 1. The first-order valence-electron chi connectivity index (χ1n) is 5.47. The molecule has 0 saturated heterocycles. The van der Waals surface area contributed by atoms with Gasteiger partial charge in [-0.05, 0) is 24.8 Å². The lowest BCUT2D eigenvalue weighted by atomic mass is 10.1. The van der Waals surface area contributed by atoms with Crippen molar-refractivity contribution in [3.8, 4) is 0 Å². The number of nitrogens with zero attached hydrogens (tertiary/aromatic N) is 3. The molecule has 0 aliphatic carbocycles. The molecule has 0 spiro atoms. The van der Waals surface area contributed by atoms with Crippen LogP contribution in [0.2, 0.25) is 0 Å². The van der Waals surface area contributed by atoms with Crippen LogP contribution in [-0.2, 0) is 9.53 Å². The third-order valence-electron chi connectivity index (χ3n) is 2.00. The molecule has 0 aromatic carbocycles. The minimum Gasteiger partial charge on any atom is -0.480 e. The number of nitrogens with one attached hydrogen (secondary N) is 1. The Morgan fingerprint density at radius 1 is 1.50 bits per heavy atom. The van der Waals surface area contributed by atoms with Crippen molar-refractivity contribution in [3.05, 3.63) is 10.4 Å². The van der Waals surface area contributed by atoms with Gasteiger partial charge in [-0.2, -0.15) is 0 Å². The van der Waals surface area contributed by atoms with Crippen molar-refractivity contribution in [2.45, 2.75) is 25.3 Å². The van der Waals surface area contributed by atoms with Gasteiger partial charge < -0.3 is 20.9 Å². The van der Waals surface area contributed by atoms with Crippen molar-refractivity contribution in [1.29, 1.82) is 0 Å². The van der Waals surface area contributed by atoms with Crippen molar-refractivity contribution in [2.75, 3.05) is 19.7 Å². The minimum absolute atomic E-state index is 0.166. The Kier molecular flexibility index (Phi) is 9.06. The zero-order valence-corrected chi connectivity index (χ0v) is 9.91. The largest absolute Gasteiger partial charge is 0.480 e. The Labute approximate surface area is 104 Å². The highest BCUT2D eigenvalue weighted by Gasteiger charge is 2.10. The van der Waals surface area contributed by atoms with Crippen LogP contribution in [-0.4, -0.2) is 42.9 Å². The van der Waals surface area contributed by atoms with Crippen LogP contribution in [0.5, 0.6) is 0 Å². The number of alkyl carbamates (subject to hydrolysis) is 1. The van der Waals surface area contributed by atoms with E-state index in [0.29, 0.717) is 19.3 Å². The number of hydrogen-bond acceptors (Lipinski definition) is 5. The fourth-order valence-electron chi connectivity index (χ4n) is 1.06. The molecular formula is C9H17N5O4. The number of unbranched alkanes of at least 4 members (excludes halogenated alkanes) is 1. The quantitative estimate of drug-likeness (QED) is 0.240. The van der Waals surface area contributed by atoms with Crippen LogP contribution in [0.15, 0.2) is 5.11 Å². The van der Waals surface area contributed by atoms with Crippen molar-refractivity contribution in [1.82, 2.24) is 5.32 Å². The summed E-state index contributed by atoms with van der Waals surface area (Å²) >= 11 is 0. The van der Waals surface area contributed by atoms with Crippen LogP contribution in [0.3, 0.4) is 0 Å². The van der Waals surface area contributed by atoms with E-state index >= 15 is 0 Å². The second-order valence-corrected chi connectivity index (χ2v) is 3.46. The zero-order chi connectivity index (χ0) is 13.8. The predicted octanol–water partition coefficient (Wildman–Crippen LogP) is 0.605.